The summed E-state index contributed by atoms with van der Waals surface area (Å²) in [6, 6.07) is 0. The lowest BCUT2D eigenvalue weighted by Crippen LogP contribution is -2.51. The second-order valence-electron chi connectivity index (χ2n) is 6.80. The molecule has 1 aliphatic carbocycles. The van der Waals surface area contributed by atoms with Gasteiger partial charge in [-0.05, 0) is 52.9 Å². The third-order valence-corrected chi connectivity index (χ3v) is 3.63. The normalized spacial score (nSPS) is 30.7. The molecule has 1 fully saturated rings. The first-order valence-corrected chi connectivity index (χ1v) is 7.43. The molecule has 0 aromatic heterocycles. The lowest BCUT2D eigenvalue weighted by Gasteiger charge is -2.32. The number of carbonyl (C=O) groups is 1. The number of aliphatic hydroxyl groups excluding tert-OH is 1. The van der Waals surface area contributed by atoms with Gasteiger partial charge >= 0.3 is 5.97 Å². The largest absolute Gasteiger partial charge is 0.459 e. The Morgan fingerprint density at radius 1 is 1.16 bits per heavy atom. The van der Waals surface area contributed by atoms with E-state index in [-0.39, 0.29) is 12.1 Å². The molecular weight excluding hydrogens is 242 g/mol. The van der Waals surface area contributed by atoms with E-state index in [1.165, 1.54) is 0 Å². The summed E-state index contributed by atoms with van der Waals surface area (Å²) < 4.78 is 5.45. The number of hydrogen-bond acceptors (Lipinski definition) is 4. The van der Waals surface area contributed by atoms with E-state index in [0.29, 0.717) is 12.8 Å². The fourth-order valence-corrected chi connectivity index (χ4v) is 2.50. The predicted octanol–water partition coefficient (Wildman–Crippen LogP) is 2.52. The molecule has 0 aromatic carbocycles. The molecule has 4 heteroatoms. The van der Waals surface area contributed by atoms with Gasteiger partial charge in [0, 0.05) is 0 Å². The number of carbonyl (C=O) groups excluding carboxylic acids is 1. The number of aliphatic hydroxyl groups is 1. The monoisotopic (exact) mass is 271 g/mol. The van der Waals surface area contributed by atoms with E-state index in [0.717, 1.165) is 38.5 Å². The van der Waals surface area contributed by atoms with Crippen LogP contribution in [-0.2, 0) is 9.53 Å². The highest BCUT2D eigenvalue weighted by molar-refractivity contribution is 5.80. The molecule has 1 rings (SSSR count). The van der Waals surface area contributed by atoms with E-state index in [2.05, 4.69) is 0 Å². The van der Waals surface area contributed by atoms with Gasteiger partial charge in [-0.1, -0.05) is 19.3 Å². The van der Waals surface area contributed by atoms with Crippen molar-refractivity contribution in [3.05, 3.63) is 0 Å². The maximum atomic E-state index is 12.3. The van der Waals surface area contributed by atoms with Crippen LogP contribution in [0.4, 0.5) is 0 Å². The van der Waals surface area contributed by atoms with Crippen LogP contribution in [0.2, 0.25) is 0 Å². The zero-order valence-electron chi connectivity index (χ0n) is 12.6. The van der Waals surface area contributed by atoms with Crippen molar-refractivity contribution >= 4 is 5.97 Å². The van der Waals surface area contributed by atoms with Crippen LogP contribution >= 0.6 is 0 Å². The van der Waals surface area contributed by atoms with Crippen molar-refractivity contribution in [2.24, 2.45) is 5.73 Å². The molecule has 0 heterocycles. The van der Waals surface area contributed by atoms with Gasteiger partial charge in [0.05, 0.1) is 6.10 Å². The van der Waals surface area contributed by atoms with E-state index in [1.54, 1.807) is 0 Å². The quantitative estimate of drug-likeness (QED) is 0.719. The van der Waals surface area contributed by atoms with Crippen molar-refractivity contribution in [1.82, 2.24) is 0 Å². The molecule has 0 aliphatic heterocycles. The van der Waals surface area contributed by atoms with Crippen molar-refractivity contribution in [3.8, 4) is 0 Å². The molecule has 3 N–H and O–H groups in total. The molecule has 2 unspecified atom stereocenters. The van der Waals surface area contributed by atoms with Crippen molar-refractivity contribution in [2.45, 2.75) is 89.4 Å². The first kappa shape index (κ1) is 16.4. The molecule has 1 saturated carbocycles. The zero-order valence-corrected chi connectivity index (χ0v) is 12.6. The Labute approximate surface area is 116 Å². The first-order chi connectivity index (χ1) is 8.73. The highest BCUT2D eigenvalue weighted by Gasteiger charge is 2.37. The van der Waals surface area contributed by atoms with Gasteiger partial charge in [-0.3, -0.25) is 4.79 Å². The van der Waals surface area contributed by atoms with E-state index in [1.807, 2.05) is 20.8 Å². The van der Waals surface area contributed by atoms with Gasteiger partial charge in [0.25, 0.3) is 0 Å². The second kappa shape index (κ2) is 6.71. The van der Waals surface area contributed by atoms with Gasteiger partial charge in [-0.2, -0.15) is 0 Å². The Morgan fingerprint density at radius 3 is 2.37 bits per heavy atom. The summed E-state index contributed by atoms with van der Waals surface area (Å²) >= 11 is 0. The highest BCUT2D eigenvalue weighted by atomic mass is 16.6. The van der Waals surface area contributed by atoms with Gasteiger partial charge in [0.2, 0.25) is 0 Å². The van der Waals surface area contributed by atoms with Gasteiger partial charge in [0.1, 0.15) is 11.1 Å². The van der Waals surface area contributed by atoms with Crippen LogP contribution in [0.15, 0.2) is 0 Å². The molecule has 19 heavy (non-hydrogen) atoms. The van der Waals surface area contributed by atoms with Crippen LogP contribution in [0.3, 0.4) is 0 Å². The molecule has 0 spiro atoms. The summed E-state index contributed by atoms with van der Waals surface area (Å²) in [6.45, 7) is 5.58. The molecule has 0 saturated heterocycles. The molecule has 112 valence electrons. The minimum atomic E-state index is -0.885. The fourth-order valence-electron chi connectivity index (χ4n) is 2.50. The number of nitrogens with two attached hydrogens (primary N) is 1. The van der Waals surface area contributed by atoms with Crippen LogP contribution in [-0.4, -0.2) is 28.3 Å². The number of rotatable bonds is 1. The van der Waals surface area contributed by atoms with E-state index in [4.69, 9.17) is 10.5 Å². The fraction of sp³-hybridized carbons (Fsp3) is 0.933. The van der Waals surface area contributed by atoms with E-state index < -0.39 is 11.1 Å². The molecule has 0 aromatic rings. The lowest BCUT2D eigenvalue weighted by molar-refractivity contribution is -0.162. The van der Waals surface area contributed by atoms with Gasteiger partial charge in [0.15, 0.2) is 0 Å². The molecular formula is C15H29NO3. The third kappa shape index (κ3) is 5.91. The topological polar surface area (TPSA) is 72.5 Å². The Morgan fingerprint density at radius 2 is 1.74 bits per heavy atom. The molecule has 0 radical (unpaired) electrons. The lowest BCUT2D eigenvalue weighted by atomic mass is 9.85. The average molecular weight is 271 g/mol. The Bertz CT molecular complexity index is 298. The van der Waals surface area contributed by atoms with Crippen molar-refractivity contribution in [3.63, 3.8) is 0 Å². The average Bonchev–Trinajstić information content (AvgIpc) is 2.26. The van der Waals surface area contributed by atoms with Gasteiger partial charge < -0.3 is 15.6 Å². The minimum Gasteiger partial charge on any atom is -0.459 e. The van der Waals surface area contributed by atoms with Crippen LogP contribution in [0, 0.1) is 0 Å². The Kier molecular flexibility index (Phi) is 5.81. The third-order valence-electron chi connectivity index (χ3n) is 3.63. The predicted molar refractivity (Wildman–Crippen MR) is 75.7 cm³/mol. The zero-order chi connectivity index (χ0) is 14.5. The number of ether oxygens (including phenoxy) is 1. The molecule has 0 amide bonds. The summed E-state index contributed by atoms with van der Waals surface area (Å²) in [5.74, 6) is -0.296. The standard InChI is InChI=1S/C15H29NO3/c1-14(2,3)19-13(18)15(16)10-6-4-5-8-12(17)9-7-11-15/h12,17H,4-11,16H2,1-3H3. The molecule has 1 aliphatic rings. The smallest absolute Gasteiger partial charge is 0.326 e. The van der Waals surface area contributed by atoms with Crippen molar-refractivity contribution in [1.29, 1.82) is 0 Å². The van der Waals surface area contributed by atoms with E-state index in [9.17, 15) is 9.90 Å². The molecule has 0 bridgehead atoms. The molecule has 2 atom stereocenters. The van der Waals surface area contributed by atoms with Crippen molar-refractivity contribution < 1.29 is 14.6 Å². The summed E-state index contributed by atoms with van der Waals surface area (Å²) in [5, 5.41) is 9.77. The van der Waals surface area contributed by atoms with Crippen LogP contribution < -0.4 is 5.73 Å². The SMILES string of the molecule is CC(C)(C)OC(=O)C1(N)CCCCCC(O)CCC1. The summed E-state index contributed by atoms with van der Waals surface area (Å²) in [4.78, 5) is 12.3. The second-order valence-corrected chi connectivity index (χ2v) is 6.80. The van der Waals surface area contributed by atoms with Crippen molar-refractivity contribution in [2.75, 3.05) is 0 Å². The van der Waals surface area contributed by atoms with Crippen LogP contribution in [0.5, 0.6) is 0 Å². The van der Waals surface area contributed by atoms with E-state index >= 15 is 0 Å². The number of esters is 1. The maximum Gasteiger partial charge on any atom is 0.326 e. The van der Waals surface area contributed by atoms with Crippen LogP contribution in [0.25, 0.3) is 0 Å². The minimum absolute atomic E-state index is 0.249. The highest BCUT2D eigenvalue weighted by Crippen LogP contribution is 2.26. The van der Waals surface area contributed by atoms with Crippen LogP contribution in [0.1, 0.15) is 72.1 Å². The summed E-state index contributed by atoms with van der Waals surface area (Å²) in [5.41, 5.74) is 4.90. The maximum absolute atomic E-state index is 12.3. The summed E-state index contributed by atoms with van der Waals surface area (Å²) in [7, 11) is 0. The summed E-state index contributed by atoms with van der Waals surface area (Å²) in [6.07, 6.45) is 6.33. The first-order valence-electron chi connectivity index (χ1n) is 7.43. The molecule has 4 nitrogen and oxygen atoms in total. The van der Waals surface area contributed by atoms with Gasteiger partial charge in [-0.15, -0.1) is 0 Å². The number of hydrogen-bond donors (Lipinski definition) is 2. The Balaban J connectivity index is 2.66. The van der Waals surface area contributed by atoms with Gasteiger partial charge in [-0.25, -0.2) is 0 Å². The Hall–Kier alpha value is -0.610.